The van der Waals surface area contributed by atoms with Crippen molar-refractivity contribution in [3.8, 4) is 11.1 Å². The van der Waals surface area contributed by atoms with Gasteiger partial charge in [0.05, 0.1) is 17.9 Å². The average Bonchev–Trinajstić information content (AvgIpc) is 3.08. The monoisotopic (exact) mass is 454 g/mol. The van der Waals surface area contributed by atoms with E-state index in [1.165, 1.54) is 0 Å². The van der Waals surface area contributed by atoms with Gasteiger partial charge in [-0.25, -0.2) is 9.97 Å². The van der Waals surface area contributed by atoms with Crippen LogP contribution in [-0.2, 0) is 11.3 Å². The van der Waals surface area contributed by atoms with Crippen LogP contribution in [0.25, 0.3) is 22.3 Å². The number of anilines is 1. The summed E-state index contributed by atoms with van der Waals surface area (Å²) in [6.07, 6.45) is 0. The molecule has 6 heteroatoms. The normalized spacial score (nSPS) is 11.6. The molecule has 0 aliphatic carbocycles. The zero-order valence-corrected chi connectivity index (χ0v) is 20.6. The van der Waals surface area contributed by atoms with Gasteiger partial charge < -0.3 is 9.88 Å². The van der Waals surface area contributed by atoms with Crippen LogP contribution in [0.3, 0.4) is 0 Å². The van der Waals surface area contributed by atoms with Gasteiger partial charge in [-0.05, 0) is 43.5 Å². The predicted octanol–water partition coefficient (Wildman–Crippen LogP) is 5.95. The zero-order valence-electron chi connectivity index (χ0n) is 20.6. The van der Waals surface area contributed by atoms with E-state index in [2.05, 4.69) is 39.1 Å². The van der Waals surface area contributed by atoms with Crippen molar-refractivity contribution in [2.75, 3.05) is 5.32 Å². The number of nitrogens with one attached hydrogen (secondary N) is 1. The van der Waals surface area contributed by atoms with Gasteiger partial charge in [-0.3, -0.25) is 9.59 Å². The maximum atomic E-state index is 12.4. The Hall–Kier alpha value is -3.80. The number of aromatic nitrogens is 3. The van der Waals surface area contributed by atoms with E-state index in [9.17, 15) is 9.59 Å². The lowest BCUT2D eigenvalue weighted by molar-refractivity contribution is -0.123. The van der Waals surface area contributed by atoms with Crippen LogP contribution >= 0.6 is 0 Å². The second-order valence-corrected chi connectivity index (χ2v) is 9.74. The summed E-state index contributed by atoms with van der Waals surface area (Å²) in [5.74, 6) is 0.881. The number of fused-ring (bicyclic) bond motifs is 1. The van der Waals surface area contributed by atoms with Crippen molar-refractivity contribution in [3.63, 3.8) is 0 Å². The Labute approximate surface area is 200 Å². The van der Waals surface area contributed by atoms with Gasteiger partial charge in [0.1, 0.15) is 11.3 Å². The van der Waals surface area contributed by atoms with Gasteiger partial charge in [-0.1, -0.05) is 69.3 Å². The number of imidazole rings is 1. The highest BCUT2D eigenvalue weighted by Gasteiger charge is 2.22. The van der Waals surface area contributed by atoms with Crippen molar-refractivity contribution in [1.29, 1.82) is 0 Å². The van der Waals surface area contributed by atoms with Crippen LogP contribution in [0, 0.1) is 19.3 Å². The molecule has 0 unspecified atom stereocenters. The van der Waals surface area contributed by atoms with Gasteiger partial charge in [0.25, 0.3) is 0 Å². The molecule has 0 aliphatic rings. The largest absolute Gasteiger partial charge is 0.324 e. The minimum Gasteiger partial charge on any atom is -0.324 e. The Balaban J connectivity index is 1.58. The minimum absolute atomic E-state index is 0.0519. The van der Waals surface area contributed by atoms with Gasteiger partial charge in [0.15, 0.2) is 11.4 Å². The van der Waals surface area contributed by atoms with E-state index in [0.717, 1.165) is 39.4 Å². The van der Waals surface area contributed by atoms with E-state index in [0.29, 0.717) is 17.8 Å². The molecule has 0 spiro atoms. The number of Topliss-reactive ketones (excluding diaryl/α,β-unsaturated/α-hetero) is 1. The highest BCUT2D eigenvalue weighted by molar-refractivity contribution is 5.96. The molecule has 4 rings (SSSR count). The molecule has 1 amide bonds. The summed E-state index contributed by atoms with van der Waals surface area (Å²) in [5.41, 5.74) is 6.54. The summed E-state index contributed by atoms with van der Waals surface area (Å²) < 4.78 is 2.09. The summed E-state index contributed by atoms with van der Waals surface area (Å²) in [4.78, 5) is 33.4. The van der Waals surface area contributed by atoms with E-state index >= 15 is 0 Å². The molecule has 174 valence electrons. The maximum Gasteiger partial charge on any atom is 0.229 e. The molecule has 0 saturated heterocycles. The van der Waals surface area contributed by atoms with Crippen LogP contribution in [0.5, 0.6) is 0 Å². The smallest absolute Gasteiger partial charge is 0.229 e. The molecule has 0 fully saturated rings. The standard InChI is InChI=1S/C28H30N4O2/c1-17-24(31-27(34)28(4,5)6)15-25-26(29-17)32(19(3)30-25)16-20-7-9-22(10-8-20)23-13-11-21(12-14-23)18(2)33/h7-15H,16H2,1-6H3,(H,31,34). The van der Waals surface area contributed by atoms with Crippen LogP contribution < -0.4 is 5.32 Å². The zero-order chi connectivity index (χ0) is 24.6. The molecule has 34 heavy (non-hydrogen) atoms. The summed E-state index contributed by atoms with van der Waals surface area (Å²) in [5, 5.41) is 2.98. The molecule has 2 heterocycles. The number of benzene rings is 2. The molecule has 2 aromatic carbocycles. The molecule has 0 atom stereocenters. The summed E-state index contributed by atoms with van der Waals surface area (Å²) in [6, 6.07) is 17.9. The fourth-order valence-corrected chi connectivity index (χ4v) is 3.76. The van der Waals surface area contributed by atoms with Gasteiger partial charge in [0.2, 0.25) is 5.91 Å². The highest BCUT2D eigenvalue weighted by atomic mass is 16.2. The average molecular weight is 455 g/mol. The van der Waals surface area contributed by atoms with Crippen molar-refractivity contribution in [2.45, 2.75) is 48.1 Å². The number of pyridine rings is 1. The number of ketones is 1. The topological polar surface area (TPSA) is 76.9 Å². The second kappa shape index (κ2) is 8.86. The van der Waals surface area contributed by atoms with Crippen molar-refractivity contribution < 1.29 is 9.59 Å². The third-order valence-corrected chi connectivity index (χ3v) is 5.95. The SMILES string of the molecule is CC(=O)c1ccc(-c2ccc(Cn3c(C)nc4cc(NC(=O)C(C)(C)C)c(C)nc43)cc2)cc1. The number of hydrogen-bond donors (Lipinski definition) is 1. The number of carbonyl (C=O) groups excluding carboxylic acids is 2. The Bertz CT molecular complexity index is 1380. The van der Waals surface area contributed by atoms with Gasteiger partial charge >= 0.3 is 0 Å². The Morgan fingerprint density at radius 1 is 0.912 bits per heavy atom. The number of amides is 1. The van der Waals surface area contributed by atoms with Crippen molar-refractivity contribution in [2.24, 2.45) is 5.41 Å². The highest BCUT2D eigenvalue weighted by Crippen LogP contribution is 2.26. The van der Waals surface area contributed by atoms with Gasteiger partial charge in [-0.15, -0.1) is 0 Å². The first kappa shape index (κ1) is 23.4. The van der Waals surface area contributed by atoms with Crippen molar-refractivity contribution in [1.82, 2.24) is 14.5 Å². The van der Waals surface area contributed by atoms with Crippen LogP contribution in [0.1, 0.15) is 55.1 Å². The lowest BCUT2D eigenvalue weighted by Crippen LogP contribution is -2.28. The molecule has 4 aromatic rings. The van der Waals surface area contributed by atoms with E-state index in [1.807, 2.05) is 65.0 Å². The third-order valence-electron chi connectivity index (χ3n) is 5.95. The molecule has 0 aliphatic heterocycles. The van der Waals surface area contributed by atoms with Crippen LogP contribution in [0.2, 0.25) is 0 Å². The summed E-state index contributed by atoms with van der Waals surface area (Å²) in [6.45, 7) is 11.7. The summed E-state index contributed by atoms with van der Waals surface area (Å²) in [7, 11) is 0. The van der Waals surface area contributed by atoms with Crippen LogP contribution in [0.4, 0.5) is 5.69 Å². The number of rotatable bonds is 5. The molecule has 6 nitrogen and oxygen atoms in total. The molecule has 0 radical (unpaired) electrons. The molecule has 2 aromatic heterocycles. The first-order valence-electron chi connectivity index (χ1n) is 11.4. The first-order valence-corrected chi connectivity index (χ1v) is 11.4. The number of aryl methyl sites for hydroxylation is 2. The molecule has 1 N–H and O–H groups in total. The Morgan fingerprint density at radius 3 is 2.06 bits per heavy atom. The fraction of sp³-hybridized carbons (Fsp3) is 0.286. The van der Waals surface area contributed by atoms with Gasteiger partial charge in [-0.2, -0.15) is 0 Å². The third kappa shape index (κ3) is 4.76. The quantitative estimate of drug-likeness (QED) is 0.378. The van der Waals surface area contributed by atoms with Crippen LogP contribution in [-0.4, -0.2) is 26.2 Å². The van der Waals surface area contributed by atoms with E-state index < -0.39 is 5.41 Å². The number of carbonyl (C=O) groups is 2. The first-order chi connectivity index (χ1) is 16.0. The van der Waals surface area contributed by atoms with Crippen molar-refractivity contribution >= 4 is 28.5 Å². The van der Waals surface area contributed by atoms with E-state index in [1.54, 1.807) is 6.92 Å². The minimum atomic E-state index is -0.488. The lowest BCUT2D eigenvalue weighted by Gasteiger charge is -2.18. The number of nitrogens with zero attached hydrogens (tertiary/aromatic N) is 3. The second-order valence-electron chi connectivity index (χ2n) is 9.74. The Morgan fingerprint density at radius 2 is 1.50 bits per heavy atom. The summed E-state index contributed by atoms with van der Waals surface area (Å²) >= 11 is 0. The van der Waals surface area contributed by atoms with E-state index in [4.69, 9.17) is 4.98 Å². The van der Waals surface area contributed by atoms with Crippen LogP contribution in [0.15, 0.2) is 54.6 Å². The molecule has 0 saturated carbocycles. The molecular weight excluding hydrogens is 424 g/mol. The predicted molar refractivity (Wildman–Crippen MR) is 136 cm³/mol. The Kier molecular flexibility index (Phi) is 6.09. The van der Waals surface area contributed by atoms with E-state index in [-0.39, 0.29) is 11.7 Å². The van der Waals surface area contributed by atoms with Gasteiger partial charge in [0, 0.05) is 11.0 Å². The number of hydrogen-bond acceptors (Lipinski definition) is 4. The maximum absolute atomic E-state index is 12.4. The fourth-order valence-electron chi connectivity index (χ4n) is 3.76. The molecular formula is C28H30N4O2. The van der Waals surface area contributed by atoms with Crippen molar-refractivity contribution in [3.05, 3.63) is 77.2 Å². The molecule has 0 bridgehead atoms. The lowest BCUT2D eigenvalue weighted by atomic mass is 9.95.